The number of amides is 1. The number of nitrogens with zero attached hydrogens (tertiary/aromatic N) is 1. The van der Waals surface area contributed by atoms with Gasteiger partial charge in [0.15, 0.2) is 6.61 Å². The fraction of sp³-hybridized carbons (Fsp3) is 0.304. The van der Waals surface area contributed by atoms with Crippen LogP contribution in [0.1, 0.15) is 29.2 Å². The molecule has 5 nitrogen and oxygen atoms in total. The van der Waals surface area contributed by atoms with Gasteiger partial charge in [0.2, 0.25) is 0 Å². The van der Waals surface area contributed by atoms with Crippen molar-refractivity contribution >= 4 is 22.8 Å². The molecular weight excluding hydrogens is 354 g/mol. The predicted molar refractivity (Wildman–Crippen MR) is 108 cm³/mol. The third kappa shape index (κ3) is 4.60. The van der Waals surface area contributed by atoms with E-state index in [1.54, 1.807) is 11.2 Å². The van der Waals surface area contributed by atoms with Gasteiger partial charge >= 0.3 is 5.97 Å². The Kier molecular flexibility index (Phi) is 6.14. The smallest absolute Gasteiger partial charge is 0.310 e. The van der Waals surface area contributed by atoms with E-state index in [2.05, 4.69) is 0 Å². The van der Waals surface area contributed by atoms with Gasteiger partial charge in [-0.3, -0.25) is 9.59 Å². The van der Waals surface area contributed by atoms with E-state index in [0.717, 1.165) is 33.2 Å². The molecule has 5 heteroatoms. The Morgan fingerprint density at radius 1 is 1.07 bits per heavy atom. The number of rotatable bonds is 7. The van der Waals surface area contributed by atoms with Gasteiger partial charge in [-0.1, -0.05) is 30.3 Å². The van der Waals surface area contributed by atoms with Crippen molar-refractivity contribution in [2.75, 3.05) is 13.2 Å². The predicted octanol–water partition coefficient (Wildman–Crippen LogP) is 4.18. The molecule has 0 aliphatic carbocycles. The third-order valence-corrected chi connectivity index (χ3v) is 4.91. The lowest BCUT2D eigenvalue weighted by atomic mass is 10.0. The monoisotopic (exact) mass is 379 g/mol. The molecule has 0 unspecified atom stereocenters. The van der Waals surface area contributed by atoms with E-state index in [9.17, 15) is 9.59 Å². The highest BCUT2D eigenvalue weighted by molar-refractivity contribution is 5.87. The van der Waals surface area contributed by atoms with E-state index in [1.807, 2.05) is 63.2 Å². The van der Waals surface area contributed by atoms with E-state index in [0.29, 0.717) is 13.1 Å². The van der Waals surface area contributed by atoms with Gasteiger partial charge in [-0.15, -0.1) is 0 Å². The molecule has 1 amide bonds. The number of esters is 1. The number of hydrogen-bond donors (Lipinski definition) is 0. The average molecular weight is 379 g/mol. The Morgan fingerprint density at radius 2 is 1.79 bits per heavy atom. The fourth-order valence-corrected chi connectivity index (χ4v) is 3.09. The summed E-state index contributed by atoms with van der Waals surface area (Å²) in [6.45, 7) is 6.74. The lowest BCUT2D eigenvalue weighted by Crippen LogP contribution is -2.34. The van der Waals surface area contributed by atoms with E-state index < -0.39 is 5.97 Å². The number of benzene rings is 2. The topological polar surface area (TPSA) is 59.8 Å². The van der Waals surface area contributed by atoms with Crippen LogP contribution in [-0.2, 0) is 27.3 Å². The van der Waals surface area contributed by atoms with Crippen molar-refractivity contribution in [2.45, 2.75) is 33.7 Å². The molecular formula is C23H25NO4. The van der Waals surface area contributed by atoms with Crippen LogP contribution in [0.5, 0.6) is 0 Å². The number of hydrogen-bond acceptors (Lipinski definition) is 4. The average Bonchev–Trinajstić information content (AvgIpc) is 3.06. The lowest BCUT2D eigenvalue weighted by Gasteiger charge is -2.20. The van der Waals surface area contributed by atoms with Crippen LogP contribution in [0.15, 0.2) is 53.1 Å². The van der Waals surface area contributed by atoms with Gasteiger partial charge in [-0.2, -0.15) is 0 Å². The summed E-state index contributed by atoms with van der Waals surface area (Å²) in [5.41, 5.74) is 4.84. The number of carbonyl (C=O) groups is 2. The first-order chi connectivity index (χ1) is 13.5. The maximum absolute atomic E-state index is 12.4. The Bertz CT molecular complexity index is 975. The number of fused-ring (bicyclic) bond motifs is 1. The fourth-order valence-electron chi connectivity index (χ4n) is 3.09. The van der Waals surface area contributed by atoms with Crippen LogP contribution in [0.25, 0.3) is 11.0 Å². The Hall–Kier alpha value is -3.08. The van der Waals surface area contributed by atoms with E-state index >= 15 is 0 Å². The van der Waals surface area contributed by atoms with E-state index in [1.165, 1.54) is 0 Å². The molecule has 0 N–H and O–H groups in total. The highest BCUT2D eigenvalue weighted by Gasteiger charge is 2.17. The molecule has 0 aliphatic rings. The summed E-state index contributed by atoms with van der Waals surface area (Å²) in [6.07, 6.45) is 1.66. The SMILES string of the molecule is CCN(Cc1ccccc1)C(=O)COC(=O)Cc1coc2cc(C)c(C)cc12. The zero-order valence-electron chi connectivity index (χ0n) is 16.5. The normalized spacial score (nSPS) is 10.8. The lowest BCUT2D eigenvalue weighted by molar-refractivity contribution is -0.151. The molecule has 28 heavy (non-hydrogen) atoms. The minimum absolute atomic E-state index is 0.0770. The van der Waals surface area contributed by atoms with E-state index in [4.69, 9.17) is 9.15 Å². The zero-order chi connectivity index (χ0) is 20.1. The standard InChI is InChI=1S/C23H25NO4/c1-4-24(13-18-8-6-5-7-9-18)22(25)15-28-23(26)12-19-14-27-21-11-17(3)16(2)10-20(19)21/h5-11,14H,4,12-13,15H2,1-3H3. The molecule has 3 rings (SSSR count). The summed E-state index contributed by atoms with van der Waals surface area (Å²) < 4.78 is 10.8. The van der Waals surface area contributed by atoms with Crippen molar-refractivity contribution < 1.29 is 18.7 Å². The highest BCUT2D eigenvalue weighted by atomic mass is 16.5. The summed E-state index contributed by atoms with van der Waals surface area (Å²) in [6, 6.07) is 13.7. The molecule has 0 saturated heterocycles. The first kappa shape index (κ1) is 19.7. The molecule has 0 bridgehead atoms. The van der Waals surface area contributed by atoms with Crippen molar-refractivity contribution in [3.8, 4) is 0 Å². The van der Waals surface area contributed by atoms with Crippen LogP contribution in [0.2, 0.25) is 0 Å². The molecule has 1 aromatic heterocycles. The van der Waals surface area contributed by atoms with Crippen molar-refractivity contribution in [3.05, 3.63) is 71.0 Å². The molecule has 0 radical (unpaired) electrons. The molecule has 0 aliphatic heterocycles. The molecule has 1 heterocycles. The summed E-state index contributed by atoms with van der Waals surface area (Å²) in [4.78, 5) is 26.3. The number of furan rings is 1. The third-order valence-electron chi connectivity index (χ3n) is 4.91. The quantitative estimate of drug-likeness (QED) is 0.578. The van der Waals surface area contributed by atoms with Gasteiger partial charge < -0.3 is 14.1 Å². The van der Waals surface area contributed by atoms with Gasteiger partial charge in [0.05, 0.1) is 12.7 Å². The summed E-state index contributed by atoms with van der Waals surface area (Å²) >= 11 is 0. The maximum Gasteiger partial charge on any atom is 0.310 e. The second-order valence-electron chi connectivity index (χ2n) is 6.92. The van der Waals surface area contributed by atoms with Crippen LogP contribution < -0.4 is 0 Å². The number of ether oxygens (including phenoxy) is 1. The molecule has 3 aromatic rings. The highest BCUT2D eigenvalue weighted by Crippen LogP contribution is 2.25. The van der Waals surface area contributed by atoms with Gasteiger partial charge in [0.25, 0.3) is 5.91 Å². The largest absolute Gasteiger partial charge is 0.464 e. The summed E-state index contributed by atoms with van der Waals surface area (Å²) in [5.74, 6) is -0.645. The minimum Gasteiger partial charge on any atom is -0.464 e. The first-order valence-corrected chi connectivity index (χ1v) is 9.42. The number of likely N-dealkylation sites (N-methyl/N-ethyl adjacent to an activating group) is 1. The van der Waals surface area contributed by atoms with Crippen LogP contribution in [0, 0.1) is 13.8 Å². The van der Waals surface area contributed by atoms with Crippen molar-refractivity contribution in [1.82, 2.24) is 4.90 Å². The van der Waals surface area contributed by atoms with E-state index in [-0.39, 0.29) is 18.9 Å². The molecule has 0 spiro atoms. The van der Waals surface area contributed by atoms with Gasteiger partial charge in [0.1, 0.15) is 5.58 Å². The maximum atomic E-state index is 12.4. The number of aryl methyl sites for hydroxylation is 2. The van der Waals surface area contributed by atoms with Crippen molar-refractivity contribution in [1.29, 1.82) is 0 Å². The molecule has 2 aromatic carbocycles. The first-order valence-electron chi connectivity index (χ1n) is 9.42. The minimum atomic E-state index is -0.440. The van der Waals surface area contributed by atoms with Crippen molar-refractivity contribution in [2.24, 2.45) is 0 Å². The van der Waals surface area contributed by atoms with Gasteiger partial charge in [-0.25, -0.2) is 0 Å². The Balaban J connectivity index is 1.57. The Morgan fingerprint density at radius 3 is 2.50 bits per heavy atom. The second-order valence-corrected chi connectivity index (χ2v) is 6.92. The zero-order valence-corrected chi connectivity index (χ0v) is 16.5. The molecule has 0 saturated carbocycles. The molecule has 0 fully saturated rings. The Labute approximate surface area is 164 Å². The number of carbonyl (C=O) groups excluding carboxylic acids is 2. The second kappa shape index (κ2) is 8.74. The van der Waals surface area contributed by atoms with Crippen molar-refractivity contribution in [3.63, 3.8) is 0 Å². The molecule has 146 valence electrons. The van der Waals surface area contributed by atoms with Crippen LogP contribution in [0.3, 0.4) is 0 Å². The van der Waals surface area contributed by atoms with Gasteiger partial charge in [0, 0.05) is 24.0 Å². The summed E-state index contributed by atoms with van der Waals surface area (Å²) in [7, 11) is 0. The molecule has 0 atom stereocenters. The van der Waals surface area contributed by atoms with Crippen LogP contribution in [-0.4, -0.2) is 29.9 Å². The van der Waals surface area contributed by atoms with Crippen LogP contribution >= 0.6 is 0 Å². The van der Waals surface area contributed by atoms with Crippen LogP contribution in [0.4, 0.5) is 0 Å². The van der Waals surface area contributed by atoms with Gasteiger partial charge in [-0.05, 0) is 49.6 Å². The summed E-state index contributed by atoms with van der Waals surface area (Å²) in [5, 5.41) is 0.908.